The number of aromatic nitrogens is 4. The number of aryl methyl sites for hydroxylation is 2. The van der Waals surface area contributed by atoms with Crippen LogP contribution in [-0.4, -0.2) is 52.0 Å². The summed E-state index contributed by atoms with van der Waals surface area (Å²) in [6.45, 7) is 4.91. The van der Waals surface area contributed by atoms with Gasteiger partial charge in [-0.1, -0.05) is 0 Å². The van der Waals surface area contributed by atoms with Crippen molar-refractivity contribution in [2.75, 3.05) is 19.3 Å². The molecule has 0 radical (unpaired) electrons. The van der Waals surface area contributed by atoms with E-state index in [4.69, 9.17) is 0 Å². The summed E-state index contributed by atoms with van der Waals surface area (Å²) >= 11 is 0. The lowest BCUT2D eigenvalue weighted by molar-refractivity contribution is 0.318. The molecule has 3 rings (SSSR count). The van der Waals surface area contributed by atoms with Crippen LogP contribution in [0.2, 0.25) is 0 Å². The first-order chi connectivity index (χ1) is 10.8. The van der Waals surface area contributed by atoms with Crippen LogP contribution in [0.25, 0.3) is 11.5 Å². The fourth-order valence-electron chi connectivity index (χ4n) is 2.95. The van der Waals surface area contributed by atoms with Gasteiger partial charge in [-0.25, -0.2) is 27.7 Å². The van der Waals surface area contributed by atoms with Crippen LogP contribution in [-0.2, 0) is 10.0 Å². The van der Waals surface area contributed by atoms with Gasteiger partial charge in [0, 0.05) is 36.6 Å². The van der Waals surface area contributed by atoms with Gasteiger partial charge < -0.3 is 4.98 Å². The number of sulfonamides is 1. The van der Waals surface area contributed by atoms with Crippen molar-refractivity contribution in [3.05, 3.63) is 29.5 Å². The van der Waals surface area contributed by atoms with Gasteiger partial charge in [0.1, 0.15) is 11.5 Å². The Hall–Kier alpha value is -1.80. The van der Waals surface area contributed by atoms with E-state index in [1.807, 2.05) is 19.9 Å². The van der Waals surface area contributed by atoms with Crippen molar-refractivity contribution in [3.8, 4) is 11.5 Å². The number of piperidine rings is 1. The van der Waals surface area contributed by atoms with Crippen LogP contribution in [0.15, 0.2) is 12.3 Å². The summed E-state index contributed by atoms with van der Waals surface area (Å²) in [6, 6.07) is 1.96. The maximum atomic E-state index is 11.6. The zero-order valence-electron chi connectivity index (χ0n) is 13.6. The van der Waals surface area contributed by atoms with Crippen LogP contribution >= 0.6 is 0 Å². The monoisotopic (exact) mass is 335 g/mol. The lowest BCUT2D eigenvalue weighted by Crippen LogP contribution is -2.37. The predicted molar refractivity (Wildman–Crippen MR) is 87.5 cm³/mol. The van der Waals surface area contributed by atoms with Crippen LogP contribution in [0, 0.1) is 13.8 Å². The summed E-state index contributed by atoms with van der Waals surface area (Å²) in [5.74, 6) is 1.70. The molecule has 8 heteroatoms. The molecule has 0 bridgehead atoms. The Kier molecular flexibility index (Phi) is 4.20. The number of imidazole rings is 1. The normalized spacial score (nSPS) is 17.5. The molecule has 124 valence electrons. The summed E-state index contributed by atoms with van der Waals surface area (Å²) in [5.41, 5.74) is 2.74. The van der Waals surface area contributed by atoms with Gasteiger partial charge in [0.05, 0.1) is 6.26 Å². The SMILES string of the molecule is Cc1nc(-c2ncc(C)[nH]2)cc(C2CCN(S(C)(=O)=O)CC2)n1. The Morgan fingerprint density at radius 2 is 1.91 bits per heavy atom. The maximum Gasteiger partial charge on any atom is 0.211 e. The number of nitrogens with zero attached hydrogens (tertiary/aromatic N) is 4. The molecule has 1 N–H and O–H groups in total. The molecule has 0 aromatic carbocycles. The Morgan fingerprint density at radius 1 is 1.22 bits per heavy atom. The lowest BCUT2D eigenvalue weighted by Gasteiger charge is -2.30. The molecule has 23 heavy (non-hydrogen) atoms. The Balaban J connectivity index is 1.83. The molecule has 3 heterocycles. The fourth-order valence-corrected chi connectivity index (χ4v) is 3.82. The van der Waals surface area contributed by atoms with Gasteiger partial charge >= 0.3 is 0 Å². The van der Waals surface area contributed by atoms with E-state index >= 15 is 0 Å². The number of rotatable bonds is 3. The van der Waals surface area contributed by atoms with Crippen molar-refractivity contribution in [3.63, 3.8) is 0 Å². The van der Waals surface area contributed by atoms with Crippen molar-refractivity contribution in [2.24, 2.45) is 0 Å². The molecule has 0 spiro atoms. The first-order valence-corrected chi connectivity index (χ1v) is 9.50. The minimum atomic E-state index is -3.10. The third kappa shape index (κ3) is 3.59. The molecular weight excluding hydrogens is 314 g/mol. The molecule has 0 atom stereocenters. The molecule has 0 aliphatic carbocycles. The minimum absolute atomic E-state index is 0.254. The van der Waals surface area contributed by atoms with Crippen molar-refractivity contribution in [2.45, 2.75) is 32.6 Å². The summed E-state index contributed by atoms with van der Waals surface area (Å²) in [4.78, 5) is 16.5. The minimum Gasteiger partial charge on any atom is -0.341 e. The molecule has 2 aromatic heterocycles. The number of aromatic amines is 1. The smallest absolute Gasteiger partial charge is 0.211 e. The molecule has 7 nitrogen and oxygen atoms in total. The van der Waals surface area contributed by atoms with E-state index in [1.165, 1.54) is 10.6 Å². The number of hydrogen-bond donors (Lipinski definition) is 1. The van der Waals surface area contributed by atoms with Gasteiger partial charge in [0.25, 0.3) is 0 Å². The van der Waals surface area contributed by atoms with Gasteiger partial charge in [-0.05, 0) is 32.8 Å². The topological polar surface area (TPSA) is 91.8 Å². The number of hydrogen-bond acceptors (Lipinski definition) is 5. The first-order valence-electron chi connectivity index (χ1n) is 7.65. The Bertz CT molecular complexity index is 807. The van der Waals surface area contributed by atoms with E-state index in [1.54, 1.807) is 6.20 Å². The summed E-state index contributed by atoms with van der Waals surface area (Å²) < 4.78 is 24.8. The van der Waals surface area contributed by atoms with Crippen molar-refractivity contribution >= 4 is 10.0 Å². The van der Waals surface area contributed by atoms with E-state index in [0.717, 1.165) is 35.7 Å². The molecule has 1 fully saturated rings. The molecule has 1 aliphatic heterocycles. The third-order valence-electron chi connectivity index (χ3n) is 4.14. The molecule has 0 unspecified atom stereocenters. The second-order valence-corrected chi connectivity index (χ2v) is 8.06. The van der Waals surface area contributed by atoms with Gasteiger partial charge in [0.2, 0.25) is 10.0 Å². The van der Waals surface area contributed by atoms with Crippen LogP contribution in [0.1, 0.15) is 36.0 Å². The average Bonchev–Trinajstić information content (AvgIpc) is 2.92. The van der Waals surface area contributed by atoms with Crippen LogP contribution in [0.4, 0.5) is 0 Å². The van der Waals surface area contributed by atoms with Crippen LogP contribution in [0.5, 0.6) is 0 Å². The van der Waals surface area contributed by atoms with E-state index in [2.05, 4.69) is 19.9 Å². The second-order valence-electron chi connectivity index (χ2n) is 6.08. The second kappa shape index (κ2) is 6.01. The highest BCUT2D eigenvalue weighted by atomic mass is 32.2. The van der Waals surface area contributed by atoms with Crippen LogP contribution in [0.3, 0.4) is 0 Å². The molecule has 2 aromatic rings. The zero-order valence-corrected chi connectivity index (χ0v) is 14.4. The number of nitrogens with one attached hydrogen (secondary N) is 1. The average molecular weight is 335 g/mol. The fraction of sp³-hybridized carbons (Fsp3) is 0.533. The highest BCUT2D eigenvalue weighted by Crippen LogP contribution is 2.29. The summed E-state index contributed by atoms with van der Waals surface area (Å²) in [5, 5.41) is 0. The van der Waals surface area contributed by atoms with E-state index < -0.39 is 10.0 Å². The van der Waals surface area contributed by atoms with Crippen molar-refractivity contribution in [1.82, 2.24) is 24.2 Å². The predicted octanol–water partition coefficient (Wildman–Crippen LogP) is 1.62. The lowest BCUT2D eigenvalue weighted by atomic mass is 9.94. The Morgan fingerprint density at radius 3 is 2.48 bits per heavy atom. The first kappa shape index (κ1) is 16.1. The Labute approximate surface area is 136 Å². The molecule has 1 saturated heterocycles. The van der Waals surface area contributed by atoms with E-state index in [9.17, 15) is 8.42 Å². The van der Waals surface area contributed by atoms with E-state index in [-0.39, 0.29) is 5.92 Å². The van der Waals surface area contributed by atoms with Crippen LogP contribution < -0.4 is 0 Å². The highest BCUT2D eigenvalue weighted by Gasteiger charge is 2.27. The molecular formula is C15H21N5O2S. The van der Waals surface area contributed by atoms with E-state index in [0.29, 0.717) is 18.9 Å². The molecule has 1 aliphatic rings. The standard InChI is InChI=1S/C15H21N5O2S/c1-10-9-16-15(17-10)14-8-13(18-11(2)19-14)12-4-6-20(7-5-12)23(3,21)22/h8-9,12H,4-7H2,1-3H3,(H,16,17). The van der Waals surface area contributed by atoms with Gasteiger partial charge in [0.15, 0.2) is 5.82 Å². The summed E-state index contributed by atoms with van der Waals surface area (Å²) in [7, 11) is -3.10. The van der Waals surface area contributed by atoms with Crippen molar-refractivity contribution in [1.29, 1.82) is 0 Å². The zero-order chi connectivity index (χ0) is 16.6. The van der Waals surface area contributed by atoms with Gasteiger partial charge in [-0.3, -0.25) is 0 Å². The summed E-state index contributed by atoms with van der Waals surface area (Å²) in [6.07, 6.45) is 4.59. The van der Waals surface area contributed by atoms with Gasteiger partial charge in [-0.2, -0.15) is 0 Å². The molecule has 0 saturated carbocycles. The highest BCUT2D eigenvalue weighted by molar-refractivity contribution is 7.88. The maximum absolute atomic E-state index is 11.6. The number of H-pyrrole nitrogens is 1. The van der Waals surface area contributed by atoms with Gasteiger partial charge in [-0.15, -0.1) is 0 Å². The quantitative estimate of drug-likeness (QED) is 0.920. The molecule has 0 amide bonds. The third-order valence-corrected chi connectivity index (χ3v) is 5.45. The van der Waals surface area contributed by atoms with Crippen molar-refractivity contribution < 1.29 is 8.42 Å². The largest absolute Gasteiger partial charge is 0.341 e.